The van der Waals surface area contributed by atoms with Crippen LogP contribution in [0.5, 0.6) is 0 Å². The first-order valence-corrected chi connectivity index (χ1v) is 10.1. The van der Waals surface area contributed by atoms with Gasteiger partial charge in [-0.05, 0) is 44.8 Å². The van der Waals surface area contributed by atoms with Gasteiger partial charge in [0.2, 0.25) is 0 Å². The number of hydrogen-bond donors (Lipinski definition) is 2. The molecular weight excluding hydrogens is 342 g/mol. The predicted molar refractivity (Wildman–Crippen MR) is 104 cm³/mol. The maximum absolute atomic E-state index is 12.9. The van der Waals surface area contributed by atoms with Gasteiger partial charge in [0.05, 0.1) is 11.9 Å². The van der Waals surface area contributed by atoms with Gasteiger partial charge in [-0.2, -0.15) is 0 Å². The van der Waals surface area contributed by atoms with Crippen molar-refractivity contribution in [3.05, 3.63) is 24.2 Å². The van der Waals surface area contributed by atoms with Crippen LogP contribution in [0.15, 0.2) is 22.9 Å². The molecule has 144 valence electrons. The number of carbonyl (C=O) groups excluding carboxylic acids is 1. The van der Waals surface area contributed by atoms with Crippen LogP contribution in [0.2, 0.25) is 0 Å². The summed E-state index contributed by atoms with van der Waals surface area (Å²) in [7, 11) is 0. The molecule has 0 radical (unpaired) electrons. The number of carbonyl (C=O) groups is 1. The van der Waals surface area contributed by atoms with Crippen LogP contribution in [0, 0.1) is 5.92 Å². The van der Waals surface area contributed by atoms with Crippen LogP contribution in [0.25, 0.3) is 11.0 Å². The summed E-state index contributed by atoms with van der Waals surface area (Å²) in [6, 6.07) is 2.50. The normalized spacial score (nSPS) is 30.6. The summed E-state index contributed by atoms with van der Waals surface area (Å²) in [4.78, 5) is 22.1. The number of furan rings is 1. The number of anilines is 1. The lowest BCUT2D eigenvalue weighted by atomic mass is 9.79. The third kappa shape index (κ3) is 2.99. The second kappa shape index (κ2) is 6.80. The zero-order valence-corrected chi connectivity index (χ0v) is 15.8. The minimum atomic E-state index is -0.0741. The Hall–Kier alpha value is -2.12. The average molecular weight is 369 g/mol. The van der Waals surface area contributed by atoms with Crippen LogP contribution in [0.3, 0.4) is 0 Å². The van der Waals surface area contributed by atoms with Crippen LogP contribution in [-0.2, 0) is 0 Å². The SMILES string of the molecule is C[C@H]1[C@H](NC(=O)c2cc3c(N4CCNCC4)coc3cn2)C2CCN1CC2. The molecule has 7 nitrogen and oxygen atoms in total. The van der Waals surface area contributed by atoms with E-state index in [0.717, 1.165) is 55.9 Å². The molecule has 0 aliphatic carbocycles. The maximum Gasteiger partial charge on any atom is 0.270 e. The Morgan fingerprint density at radius 3 is 2.78 bits per heavy atom. The summed E-state index contributed by atoms with van der Waals surface area (Å²) in [5.74, 6) is 0.512. The van der Waals surface area contributed by atoms with Crippen molar-refractivity contribution in [2.75, 3.05) is 44.2 Å². The minimum Gasteiger partial charge on any atom is -0.460 e. The van der Waals surface area contributed by atoms with E-state index < -0.39 is 0 Å². The molecule has 0 spiro atoms. The molecule has 4 aliphatic rings. The average Bonchev–Trinajstić information content (AvgIpc) is 3.15. The standard InChI is InChI=1S/C20H27N5O2/c1-13-19(14-2-6-24(13)7-3-14)23-20(26)16-10-15-17(12-27-18(15)11-22-16)25-8-4-21-5-9-25/h10-14,19,21H,2-9H2,1H3,(H,23,26)/t13-,19-/m0/s1. The molecule has 1 amide bonds. The van der Waals surface area contributed by atoms with Crippen molar-refractivity contribution in [2.24, 2.45) is 5.92 Å². The number of piperazine rings is 1. The largest absolute Gasteiger partial charge is 0.460 e. The fraction of sp³-hybridized carbons (Fsp3) is 0.600. The van der Waals surface area contributed by atoms with E-state index in [1.807, 2.05) is 6.07 Å². The molecule has 2 N–H and O–H groups in total. The number of piperidine rings is 3. The van der Waals surface area contributed by atoms with Crippen molar-refractivity contribution >= 4 is 22.6 Å². The number of aromatic nitrogens is 1. The summed E-state index contributed by atoms with van der Waals surface area (Å²) in [6.07, 6.45) is 5.82. The first-order chi connectivity index (χ1) is 13.2. The maximum atomic E-state index is 12.9. The molecule has 6 heterocycles. The Balaban J connectivity index is 1.38. The quantitative estimate of drug-likeness (QED) is 0.853. The number of fused-ring (bicyclic) bond motifs is 4. The first kappa shape index (κ1) is 17.0. The predicted octanol–water partition coefficient (Wildman–Crippen LogP) is 1.45. The highest BCUT2D eigenvalue weighted by Crippen LogP contribution is 2.33. The van der Waals surface area contributed by atoms with Gasteiger partial charge in [0, 0.05) is 43.6 Å². The zero-order chi connectivity index (χ0) is 18.4. The van der Waals surface area contributed by atoms with E-state index in [1.165, 1.54) is 12.8 Å². The van der Waals surface area contributed by atoms with Crippen LogP contribution in [0.1, 0.15) is 30.3 Å². The molecule has 4 aliphatic heterocycles. The molecule has 0 aromatic carbocycles. The van der Waals surface area contributed by atoms with Gasteiger partial charge in [-0.3, -0.25) is 9.69 Å². The second-order valence-electron chi connectivity index (χ2n) is 8.04. The van der Waals surface area contributed by atoms with E-state index >= 15 is 0 Å². The summed E-state index contributed by atoms with van der Waals surface area (Å²) in [6.45, 7) is 8.35. The van der Waals surface area contributed by atoms with E-state index in [4.69, 9.17) is 4.42 Å². The van der Waals surface area contributed by atoms with E-state index in [9.17, 15) is 4.79 Å². The summed E-state index contributed by atoms with van der Waals surface area (Å²) < 4.78 is 5.68. The topological polar surface area (TPSA) is 73.6 Å². The highest BCUT2D eigenvalue weighted by molar-refractivity contribution is 5.99. The van der Waals surface area contributed by atoms with E-state index in [2.05, 4.69) is 32.3 Å². The molecule has 2 bridgehead atoms. The molecule has 27 heavy (non-hydrogen) atoms. The third-order valence-electron chi connectivity index (χ3n) is 6.61. The van der Waals surface area contributed by atoms with Gasteiger partial charge in [0.15, 0.2) is 5.58 Å². The van der Waals surface area contributed by atoms with Gasteiger partial charge in [0.25, 0.3) is 5.91 Å². The highest BCUT2D eigenvalue weighted by atomic mass is 16.3. The Morgan fingerprint density at radius 1 is 1.26 bits per heavy atom. The van der Waals surface area contributed by atoms with Crippen molar-refractivity contribution in [2.45, 2.75) is 31.8 Å². The molecular formula is C20H27N5O2. The zero-order valence-electron chi connectivity index (χ0n) is 15.8. The third-order valence-corrected chi connectivity index (χ3v) is 6.61. The molecule has 6 rings (SSSR count). The lowest BCUT2D eigenvalue weighted by Crippen LogP contribution is -2.62. The van der Waals surface area contributed by atoms with Crippen LogP contribution in [0.4, 0.5) is 5.69 Å². The van der Waals surface area contributed by atoms with Crippen LogP contribution in [-0.4, -0.2) is 67.1 Å². The summed E-state index contributed by atoms with van der Waals surface area (Å²) >= 11 is 0. The monoisotopic (exact) mass is 369 g/mol. The first-order valence-electron chi connectivity index (χ1n) is 10.1. The van der Waals surface area contributed by atoms with Gasteiger partial charge >= 0.3 is 0 Å². The number of rotatable bonds is 3. The number of nitrogens with one attached hydrogen (secondary N) is 2. The number of nitrogens with zero attached hydrogens (tertiary/aromatic N) is 3. The van der Waals surface area contributed by atoms with E-state index in [0.29, 0.717) is 17.7 Å². The highest BCUT2D eigenvalue weighted by Gasteiger charge is 2.40. The summed E-state index contributed by atoms with van der Waals surface area (Å²) in [5.41, 5.74) is 2.26. The van der Waals surface area contributed by atoms with Crippen LogP contribution >= 0.6 is 0 Å². The minimum absolute atomic E-state index is 0.0741. The molecule has 4 saturated heterocycles. The van der Waals surface area contributed by atoms with Crippen LogP contribution < -0.4 is 15.5 Å². The van der Waals surface area contributed by atoms with E-state index in [1.54, 1.807) is 12.5 Å². The van der Waals surface area contributed by atoms with Crippen molar-refractivity contribution in [1.82, 2.24) is 20.5 Å². The fourth-order valence-electron chi connectivity index (χ4n) is 4.97. The molecule has 0 saturated carbocycles. The molecule has 2 aromatic heterocycles. The molecule has 4 fully saturated rings. The second-order valence-corrected chi connectivity index (χ2v) is 8.04. The van der Waals surface area contributed by atoms with Gasteiger partial charge in [-0.1, -0.05) is 0 Å². The number of pyridine rings is 1. The van der Waals surface area contributed by atoms with Gasteiger partial charge in [-0.15, -0.1) is 0 Å². The summed E-state index contributed by atoms with van der Waals surface area (Å²) in [5, 5.41) is 7.61. The molecule has 7 heteroatoms. The fourth-order valence-corrected chi connectivity index (χ4v) is 4.97. The Morgan fingerprint density at radius 2 is 2.04 bits per heavy atom. The Kier molecular flexibility index (Phi) is 4.28. The lowest BCUT2D eigenvalue weighted by Gasteiger charge is -2.49. The van der Waals surface area contributed by atoms with Gasteiger partial charge < -0.3 is 20.0 Å². The lowest BCUT2D eigenvalue weighted by molar-refractivity contribution is 0.0216. The van der Waals surface area contributed by atoms with Crippen molar-refractivity contribution < 1.29 is 9.21 Å². The molecule has 2 atom stereocenters. The van der Waals surface area contributed by atoms with Gasteiger partial charge in [0.1, 0.15) is 12.0 Å². The number of hydrogen-bond acceptors (Lipinski definition) is 6. The van der Waals surface area contributed by atoms with Crippen molar-refractivity contribution in [1.29, 1.82) is 0 Å². The van der Waals surface area contributed by atoms with Crippen molar-refractivity contribution in [3.63, 3.8) is 0 Å². The smallest absolute Gasteiger partial charge is 0.270 e. The van der Waals surface area contributed by atoms with Crippen molar-refractivity contribution in [3.8, 4) is 0 Å². The number of amides is 1. The Labute approximate surface area is 159 Å². The Bertz CT molecular complexity index is 834. The van der Waals surface area contributed by atoms with E-state index in [-0.39, 0.29) is 11.9 Å². The molecule has 0 unspecified atom stereocenters. The molecule has 2 aromatic rings. The van der Waals surface area contributed by atoms with Gasteiger partial charge in [-0.25, -0.2) is 4.98 Å².